The Hall–Kier alpha value is -0.730. The van der Waals surface area contributed by atoms with Crippen molar-refractivity contribution < 1.29 is 39.9 Å². The average molecular weight is 1330 g/mol. The number of aliphatic hydroxyl groups is 1. The third kappa shape index (κ3) is 16.3. The summed E-state index contributed by atoms with van der Waals surface area (Å²) in [5, 5.41) is 10.9. The molecule has 4 aromatic carbocycles. The molecule has 53 heavy (non-hydrogen) atoms. The molecule has 0 spiro atoms. The molecule has 1 N–H and O–H groups in total. The molecular formula is C38H50I5N2O6S2-. The quantitative estimate of drug-likeness (QED) is 0.167. The summed E-state index contributed by atoms with van der Waals surface area (Å²) in [6, 6.07) is 31.0. The molecule has 6 aromatic rings. The van der Waals surface area contributed by atoms with Crippen molar-refractivity contribution in [1.82, 2.24) is 7.94 Å². The molecule has 0 amide bonds. The molecule has 0 saturated carbocycles. The topological polar surface area (TPSA) is 108 Å². The van der Waals surface area contributed by atoms with Crippen molar-refractivity contribution in [3.8, 4) is 5.75 Å². The minimum atomic E-state index is -3.65. The minimum Gasteiger partial charge on any atom is -0.392 e. The van der Waals surface area contributed by atoms with Crippen molar-refractivity contribution in [3.05, 3.63) is 127 Å². The first-order valence-electron chi connectivity index (χ1n) is 16.7. The zero-order valence-electron chi connectivity index (χ0n) is 31.3. The van der Waals surface area contributed by atoms with Crippen molar-refractivity contribution in [2.24, 2.45) is 0 Å². The van der Waals surface area contributed by atoms with E-state index < -0.39 is 20.0 Å². The first-order chi connectivity index (χ1) is 25.7. The number of aliphatic hydroxyl groups excluding tert-OH is 1. The van der Waals surface area contributed by atoms with Gasteiger partial charge in [0, 0.05) is 66.5 Å². The average Bonchev–Trinajstić information content (AvgIpc) is 3.88. The van der Waals surface area contributed by atoms with E-state index in [1.54, 1.807) is 73.1 Å². The van der Waals surface area contributed by atoms with E-state index in [1.165, 1.54) is 33.3 Å². The van der Waals surface area contributed by atoms with Crippen molar-refractivity contribution in [3.63, 3.8) is 0 Å². The normalized spacial score (nSPS) is 9.85. The number of ether oxygens (including phenoxy) is 1. The third-order valence-electron chi connectivity index (χ3n) is 6.36. The number of hydrogen-bond donors (Lipinski definition) is 1. The van der Waals surface area contributed by atoms with E-state index in [9.17, 15) is 16.8 Å². The van der Waals surface area contributed by atoms with Crippen LogP contribution in [0, 0.1) is 0 Å². The van der Waals surface area contributed by atoms with Crippen LogP contribution in [0.1, 0.15) is 61.0 Å². The second-order valence-corrected chi connectivity index (χ2v) is 28.8. The maximum atomic E-state index is 12.7. The predicted octanol–water partition coefficient (Wildman–Crippen LogP) is 9.91. The number of hydrogen-bond acceptors (Lipinski definition) is 6. The van der Waals surface area contributed by atoms with E-state index in [2.05, 4.69) is 74.5 Å². The number of nitrogens with zero attached hydrogens (tertiary/aromatic N) is 2. The summed E-state index contributed by atoms with van der Waals surface area (Å²) >= 11 is 9.54. The van der Waals surface area contributed by atoms with Gasteiger partial charge in [-0.05, 0) is 54.1 Å². The van der Waals surface area contributed by atoms with E-state index in [1.807, 2.05) is 85.7 Å². The van der Waals surface area contributed by atoms with E-state index >= 15 is 0 Å². The van der Waals surface area contributed by atoms with Gasteiger partial charge in [-0.3, -0.25) is 0 Å². The fourth-order valence-corrected chi connectivity index (χ4v) is 7.14. The summed E-state index contributed by atoms with van der Waals surface area (Å²) in [7, 11) is -5.76. The fraction of sp³-hybridized carbons (Fsp3) is 0.263. The van der Waals surface area contributed by atoms with Crippen LogP contribution in [0.25, 0.3) is 21.8 Å². The Morgan fingerprint density at radius 3 is 1.36 bits per heavy atom. The second-order valence-electron chi connectivity index (χ2n) is 8.89. The Bertz CT molecular complexity index is 1920. The van der Waals surface area contributed by atoms with Crippen molar-refractivity contribution in [1.29, 1.82) is 0 Å². The number of fused-ring (bicyclic) bond motifs is 2. The zero-order valence-corrected chi connectivity index (χ0v) is 43.8. The monoisotopic (exact) mass is 1330 g/mol. The van der Waals surface area contributed by atoms with Gasteiger partial charge >= 0.3 is 50.5 Å². The van der Waals surface area contributed by atoms with Gasteiger partial charge in [0.1, 0.15) is 5.75 Å². The van der Waals surface area contributed by atoms with Crippen LogP contribution in [0.3, 0.4) is 0 Å². The molecule has 0 atom stereocenters. The first-order valence-corrected chi connectivity index (χ1v) is 38.4. The molecule has 0 radical (unpaired) electrons. The summed E-state index contributed by atoms with van der Waals surface area (Å²) < 4.78 is 58.3. The Morgan fingerprint density at radius 2 is 0.962 bits per heavy atom. The molecule has 8 nitrogen and oxygen atoms in total. The summed E-state index contributed by atoms with van der Waals surface area (Å²) in [6.45, 7) is 15.8. The number of aromatic nitrogens is 2. The van der Waals surface area contributed by atoms with Crippen LogP contribution in [-0.4, -0.2) is 37.0 Å². The van der Waals surface area contributed by atoms with Gasteiger partial charge in [0.05, 0.1) is 34.5 Å². The number of methoxy groups -OCH3 is 1. The van der Waals surface area contributed by atoms with E-state index in [0.29, 0.717) is 35.6 Å². The molecule has 296 valence electrons. The SMILES string of the molecule is CC.CC.CC.CC.COc1cccc(S(=O)(=O)n2ccc3ccccc32)c1.II.I[I-]I.O=S(=O)(c1cccc(CO)c1)n1ccc2ccccc21. The standard InChI is InChI=1S/2C15H13NO3S.4C2H6.I3.I2/c1-19-13-6-4-7-14(11-13)20(17,18)16-10-9-12-5-2-3-8-15(12)16;17-11-12-4-3-6-14(10-12)20(18,19)16-9-8-13-5-1-2-7-15(13)16;4*1-2;1-3-2;1-2/h2-11H,1H3;1-10,17H,11H2;4*1-2H3;;/q;;;;;;-1;. The molecule has 0 bridgehead atoms. The number of benzene rings is 4. The smallest absolute Gasteiger partial charge is 0.268 e. The van der Waals surface area contributed by atoms with Gasteiger partial charge in [0.15, 0.2) is 0 Å². The second kappa shape index (κ2) is 31.4. The van der Waals surface area contributed by atoms with Gasteiger partial charge < -0.3 is 9.84 Å². The van der Waals surface area contributed by atoms with Gasteiger partial charge in [-0.25, -0.2) is 24.8 Å². The first kappa shape index (κ1) is 54.4. The number of halogens is 5. The third-order valence-corrected chi connectivity index (χ3v) is 9.74. The molecular weight excluding hydrogens is 1280 g/mol. The Balaban J connectivity index is 0. The summed E-state index contributed by atoms with van der Waals surface area (Å²) in [5.74, 6) is 0.516. The van der Waals surface area contributed by atoms with Gasteiger partial charge in [-0.15, -0.1) is 0 Å². The van der Waals surface area contributed by atoms with Gasteiger partial charge in [0.2, 0.25) is 0 Å². The number of para-hydroxylation sites is 2. The van der Waals surface area contributed by atoms with E-state index in [4.69, 9.17) is 9.84 Å². The van der Waals surface area contributed by atoms with Crippen LogP contribution >= 0.6 is 74.5 Å². The van der Waals surface area contributed by atoms with Gasteiger partial charge in [0.25, 0.3) is 20.0 Å². The summed E-state index contributed by atoms with van der Waals surface area (Å²) in [4.78, 5) is 0.378. The molecule has 6 rings (SSSR count). The van der Waals surface area contributed by atoms with Crippen LogP contribution in [-0.2, 0) is 26.7 Å². The van der Waals surface area contributed by atoms with Crippen LogP contribution in [0.2, 0.25) is 0 Å². The predicted molar refractivity (Wildman–Crippen MR) is 256 cm³/mol. The molecule has 15 heteroatoms. The Kier molecular flexibility index (Phi) is 32.2. The van der Waals surface area contributed by atoms with Crippen LogP contribution in [0.4, 0.5) is 0 Å². The van der Waals surface area contributed by atoms with Crippen molar-refractivity contribution in [2.45, 2.75) is 71.8 Å². The van der Waals surface area contributed by atoms with Crippen molar-refractivity contribution in [2.75, 3.05) is 7.11 Å². The largest absolute Gasteiger partial charge is 0.392 e. The molecule has 0 aliphatic rings. The molecule has 0 fully saturated rings. The van der Waals surface area contributed by atoms with Crippen LogP contribution in [0.5, 0.6) is 5.75 Å². The minimum absolute atomic E-state index is 0.172. The molecule has 0 unspecified atom stereocenters. The van der Waals surface area contributed by atoms with Crippen LogP contribution in [0.15, 0.2) is 131 Å². The molecule has 0 saturated heterocycles. The molecule has 2 aromatic heterocycles. The van der Waals surface area contributed by atoms with Gasteiger partial charge in [-0.1, -0.05) is 110 Å². The Labute approximate surface area is 370 Å². The van der Waals surface area contributed by atoms with E-state index in [-0.39, 0.29) is 16.4 Å². The van der Waals surface area contributed by atoms with E-state index in [0.717, 1.165) is 10.8 Å². The van der Waals surface area contributed by atoms with Crippen molar-refractivity contribution >= 4 is 116 Å². The summed E-state index contributed by atoms with van der Waals surface area (Å²) in [6.07, 6.45) is 3.12. The van der Waals surface area contributed by atoms with Gasteiger partial charge in [-0.2, -0.15) is 0 Å². The maximum absolute atomic E-state index is 12.7. The molecule has 2 heterocycles. The molecule has 0 aliphatic carbocycles. The summed E-state index contributed by atoms with van der Waals surface area (Å²) in [5.41, 5.74) is 1.87. The zero-order chi connectivity index (χ0) is 41.0. The maximum Gasteiger partial charge on any atom is 0.268 e. The Morgan fingerprint density at radius 1 is 0.585 bits per heavy atom. The van der Waals surface area contributed by atoms with Crippen LogP contribution < -0.4 is 18.0 Å². The fourth-order valence-electron chi connectivity index (χ4n) is 4.33. The number of rotatable bonds is 6. The molecule has 0 aliphatic heterocycles.